The van der Waals surface area contributed by atoms with Crippen molar-refractivity contribution in [3.63, 3.8) is 0 Å². The van der Waals surface area contributed by atoms with Crippen LogP contribution in [0.3, 0.4) is 0 Å². The fraction of sp³-hybridized carbons (Fsp3) is 0.538. The number of esters is 2. The Balaban J connectivity index is 2.00. The van der Waals surface area contributed by atoms with E-state index in [2.05, 4.69) is 25.0 Å². The van der Waals surface area contributed by atoms with E-state index in [1.807, 2.05) is 0 Å². The summed E-state index contributed by atoms with van der Waals surface area (Å²) in [6.45, 7) is 1.45. The third kappa shape index (κ3) is 3.00. The molecule has 0 saturated carbocycles. The summed E-state index contributed by atoms with van der Waals surface area (Å²) in [5.41, 5.74) is -0.924. The third-order valence-electron chi connectivity index (χ3n) is 3.63. The number of carbonyl (C=O) groups is 2. The van der Waals surface area contributed by atoms with Gasteiger partial charge in [0.15, 0.2) is 11.8 Å². The van der Waals surface area contributed by atoms with Gasteiger partial charge in [-0.3, -0.25) is 14.2 Å². The Hall–Kier alpha value is -2.96. The van der Waals surface area contributed by atoms with Crippen molar-refractivity contribution in [2.24, 2.45) is 0 Å². The molecule has 13 heteroatoms. The Labute approximate surface area is 143 Å². The van der Waals surface area contributed by atoms with E-state index in [0.717, 1.165) is 20.0 Å². The van der Waals surface area contributed by atoms with Crippen molar-refractivity contribution in [1.82, 2.24) is 24.6 Å². The van der Waals surface area contributed by atoms with Crippen molar-refractivity contribution in [1.29, 1.82) is 0 Å². The summed E-state index contributed by atoms with van der Waals surface area (Å²) in [6.07, 6.45) is -4.61. The summed E-state index contributed by atoms with van der Waals surface area (Å²) < 4.78 is 45.5. The first kappa shape index (κ1) is 17.8. The van der Waals surface area contributed by atoms with Crippen LogP contribution >= 0.6 is 0 Å². The summed E-state index contributed by atoms with van der Waals surface area (Å²) in [5.74, 6) is -5.49. The number of tetrazole rings is 1. The molecule has 0 aliphatic carbocycles. The van der Waals surface area contributed by atoms with E-state index in [-0.39, 0.29) is 5.65 Å². The van der Waals surface area contributed by atoms with Gasteiger partial charge < -0.3 is 14.2 Å². The maximum atomic E-state index is 14.8. The highest BCUT2D eigenvalue weighted by Crippen LogP contribution is 2.44. The Morgan fingerprint density at radius 3 is 2.73 bits per heavy atom. The Morgan fingerprint density at radius 1 is 1.35 bits per heavy atom. The lowest BCUT2D eigenvalue weighted by Crippen LogP contribution is -2.44. The largest absolute Gasteiger partial charge is 0.463 e. The van der Waals surface area contributed by atoms with E-state index >= 15 is 0 Å². The maximum Gasteiger partial charge on any atom is 0.354 e. The predicted octanol–water partition coefficient (Wildman–Crippen LogP) is -0.687. The molecule has 0 N–H and O–H groups in total. The molecule has 0 radical (unpaired) electrons. The molecule has 2 aromatic heterocycles. The molecular formula is C13H13F2N5O6. The summed E-state index contributed by atoms with van der Waals surface area (Å²) in [6, 6.07) is 1.24. The lowest BCUT2D eigenvalue weighted by Gasteiger charge is -2.23. The van der Waals surface area contributed by atoms with Crippen LogP contribution in [0.25, 0.3) is 5.65 Å². The molecule has 3 rings (SSSR count). The quantitative estimate of drug-likeness (QED) is 0.640. The summed E-state index contributed by atoms with van der Waals surface area (Å²) in [4.78, 5) is 34.5. The molecule has 0 spiro atoms. The van der Waals surface area contributed by atoms with E-state index in [9.17, 15) is 23.2 Å². The van der Waals surface area contributed by atoms with Gasteiger partial charge in [-0.05, 0) is 10.4 Å². The van der Waals surface area contributed by atoms with E-state index < -0.39 is 48.6 Å². The highest BCUT2D eigenvalue weighted by molar-refractivity contribution is 5.66. The van der Waals surface area contributed by atoms with E-state index in [4.69, 9.17) is 4.74 Å². The zero-order valence-electron chi connectivity index (χ0n) is 13.5. The monoisotopic (exact) mass is 373 g/mol. The van der Waals surface area contributed by atoms with Gasteiger partial charge in [-0.1, -0.05) is 0 Å². The van der Waals surface area contributed by atoms with Crippen molar-refractivity contribution < 1.29 is 32.6 Å². The van der Waals surface area contributed by atoms with Crippen LogP contribution in [0.1, 0.15) is 20.1 Å². The Kier molecular flexibility index (Phi) is 4.39. The van der Waals surface area contributed by atoms with Crippen molar-refractivity contribution in [3.8, 4) is 0 Å². The molecule has 1 aliphatic heterocycles. The Morgan fingerprint density at radius 2 is 2.08 bits per heavy atom. The highest BCUT2D eigenvalue weighted by Gasteiger charge is 2.62. The number of fused-ring (bicyclic) bond motifs is 1. The maximum absolute atomic E-state index is 14.8. The predicted molar refractivity (Wildman–Crippen MR) is 76.1 cm³/mol. The molecule has 0 bridgehead atoms. The lowest BCUT2D eigenvalue weighted by molar-refractivity contribution is -0.174. The van der Waals surface area contributed by atoms with Gasteiger partial charge in [0.05, 0.1) is 0 Å². The van der Waals surface area contributed by atoms with E-state index in [0.29, 0.717) is 9.08 Å². The van der Waals surface area contributed by atoms with E-state index in [1.54, 1.807) is 0 Å². The van der Waals surface area contributed by atoms with Crippen LogP contribution in [-0.2, 0) is 23.8 Å². The van der Waals surface area contributed by atoms with Crippen molar-refractivity contribution in [3.05, 3.63) is 22.7 Å². The van der Waals surface area contributed by atoms with Crippen LogP contribution in [-0.4, -0.2) is 61.3 Å². The number of aromatic nitrogens is 5. The lowest BCUT2D eigenvalue weighted by atomic mass is 10.1. The third-order valence-corrected chi connectivity index (χ3v) is 3.63. The number of ether oxygens (including phenoxy) is 3. The van der Waals surface area contributed by atoms with Gasteiger partial charge in [0, 0.05) is 26.1 Å². The molecule has 3 atom stereocenters. The fourth-order valence-corrected chi connectivity index (χ4v) is 2.56. The minimum atomic E-state index is -3.79. The van der Waals surface area contributed by atoms with Crippen LogP contribution in [0.5, 0.6) is 0 Å². The second kappa shape index (κ2) is 6.40. The van der Waals surface area contributed by atoms with Crippen molar-refractivity contribution in [2.45, 2.75) is 38.2 Å². The van der Waals surface area contributed by atoms with Gasteiger partial charge in [-0.15, -0.1) is 9.61 Å². The van der Waals surface area contributed by atoms with Crippen LogP contribution < -0.4 is 5.69 Å². The average molecular weight is 373 g/mol. The van der Waals surface area contributed by atoms with Crippen LogP contribution in [0, 0.1) is 0 Å². The van der Waals surface area contributed by atoms with Crippen molar-refractivity contribution in [2.75, 3.05) is 6.61 Å². The molecular weight excluding hydrogens is 360 g/mol. The first-order chi connectivity index (χ1) is 12.2. The summed E-state index contributed by atoms with van der Waals surface area (Å²) in [7, 11) is 0. The molecule has 11 nitrogen and oxygen atoms in total. The number of halogens is 2. The van der Waals surface area contributed by atoms with Crippen LogP contribution in [0.4, 0.5) is 8.78 Å². The second-order valence-electron chi connectivity index (χ2n) is 5.49. The molecule has 0 aromatic carbocycles. The SMILES string of the molecule is CC(=O)OC[C@H]1O[C@@H](n2ccc3nnnn3c2=O)C(F)(F)[C@@H]1OC(C)=O. The number of carbonyl (C=O) groups excluding carboxylic acids is 2. The van der Waals surface area contributed by atoms with Crippen molar-refractivity contribution >= 4 is 17.6 Å². The topological polar surface area (TPSA) is 127 Å². The average Bonchev–Trinajstić information content (AvgIpc) is 3.11. The minimum absolute atomic E-state index is 0.0561. The van der Waals surface area contributed by atoms with Gasteiger partial charge in [0.1, 0.15) is 12.7 Å². The fourth-order valence-electron chi connectivity index (χ4n) is 2.56. The smallest absolute Gasteiger partial charge is 0.354 e. The van der Waals surface area contributed by atoms with Gasteiger partial charge in [-0.25, -0.2) is 4.79 Å². The number of rotatable bonds is 4. The molecule has 1 fully saturated rings. The van der Waals surface area contributed by atoms with Gasteiger partial charge in [-0.2, -0.15) is 8.78 Å². The molecule has 1 saturated heterocycles. The second-order valence-corrected chi connectivity index (χ2v) is 5.49. The van der Waals surface area contributed by atoms with Gasteiger partial charge in [0.2, 0.25) is 6.23 Å². The molecule has 1 aliphatic rings. The van der Waals surface area contributed by atoms with Crippen LogP contribution in [0.2, 0.25) is 0 Å². The molecule has 0 amide bonds. The van der Waals surface area contributed by atoms with Gasteiger partial charge >= 0.3 is 23.6 Å². The summed E-state index contributed by atoms with van der Waals surface area (Å²) >= 11 is 0. The first-order valence-corrected chi connectivity index (χ1v) is 7.35. The molecule has 0 unspecified atom stereocenters. The molecule has 26 heavy (non-hydrogen) atoms. The van der Waals surface area contributed by atoms with E-state index in [1.165, 1.54) is 6.07 Å². The van der Waals surface area contributed by atoms with Gasteiger partial charge in [0.25, 0.3) is 0 Å². The molecule has 3 heterocycles. The zero-order valence-corrected chi connectivity index (χ0v) is 13.5. The normalized spacial score (nSPS) is 24.5. The number of nitrogens with zero attached hydrogens (tertiary/aromatic N) is 5. The molecule has 140 valence electrons. The number of alkyl halides is 2. The van der Waals surface area contributed by atoms with Crippen LogP contribution in [0.15, 0.2) is 17.1 Å². The minimum Gasteiger partial charge on any atom is -0.463 e. The number of hydrogen-bond acceptors (Lipinski definition) is 9. The standard InChI is InChI=1S/C13H13F2N5O6/c1-6(21)24-5-8-10(25-7(2)22)13(14,15)11(26-8)19-4-3-9-16-17-18-20(9)12(19)23/h3-4,8,10-11H,5H2,1-2H3/t8-,10-,11-/m1/s1. The summed E-state index contributed by atoms with van der Waals surface area (Å²) in [5, 5.41) is 10.2. The zero-order chi connectivity index (χ0) is 19.1. The highest BCUT2D eigenvalue weighted by atomic mass is 19.3. The first-order valence-electron chi connectivity index (χ1n) is 7.35. The number of hydrogen-bond donors (Lipinski definition) is 0. The molecule has 2 aromatic rings. The Bertz CT molecular complexity index is 912.